The summed E-state index contributed by atoms with van der Waals surface area (Å²) in [6, 6.07) is 0. The van der Waals surface area contributed by atoms with Crippen LogP contribution in [0.5, 0.6) is 0 Å². The predicted octanol–water partition coefficient (Wildman–Crippen LogP) is 2.49. The molecule has 0 spiro atoms. The van der Waals surface area contributed by atoms with Gasteiger partial charge in [-0.25, -0.2) is 0 Å². The number of ether oxygens (including phenoxy) is 1. The summed E-state index contributed by atoms with van der Waals surface area (Å²) in [5.41, 5.74) is -1.69. The van der Waals surface area contributed by atoms with Gasteiger partial charge >= 0.3 is 6.18 Å². The highest BCUT2D eigenvalue weighted by atomic mass is 19.4. The lowest BCUT2D eigenvalue weighted by atomic mass is 9.73. The summed E-state index contributed by atoms with van der Waals surface area (Å²) >= 11 is 0. The van der Waals surface area contributed by atoms with E-state index in [0.717, 1.165) is 0 Å². The highest BCUT2D eigenvalue weighted by Crippen LogP contribution is 2.46. The molecule has 0 bridgehead atoms. The van der Waals surface area contributed by atoms with Crippen LogP contribution in [0.3, 0.4) is 0 Å². The third-order valence-corrected chi connectivity index (χ3v) is 2.81. The molecule has 1 rings (SSSR count). The zero-order valence-corrected chi connectivity index (χ0v) is 9.16. The van der Waals surface area contributed by atoms with Crippen molar-refractivity contribution >= 4 is 0 Å². The topological polar surface area (TPSA) is 21.3 Å². The Labute approximate surface area is 88.2 Å². The van der Waals surface area contributed by atoms with Crippen LogP contribution in [-0.2, 0) is 4.74 Å². The molecule has 5 heteroatoms. The fraction of sp³-hybridized carbons (Fsp3) is 1.00. The minimum atomic E-state index is -4.17. The second-order valence-electron chi connectivity index (χ2n) is 3.99. The van der Waals surface area contributed by atoms with Crippen LogP contribution < -0.4 is 5.32 Å². The van der Waals surface area contributed by atoms with Gasteiger partial charge < -0.3 is 10.1 Å². The summed E-state index contributed by atoms with van der Waals surface area (Å²) in [6.07, 6.45) is -3.61. The average molecular weight is 225 g/mol. The van der Waals surface area contributed by atoms with E-state index in [4.69, 9.17) is 4.74 Å². The summed E-state index contributed by atoms with van der Waals surface area (Å²) in [7, 11) is 0. The van der Waals surface area contributed by atoms with Crippen molar-refractivity contribution in [2.75, 3.05) is 13.2 Å². The number of hydrogen-bond acceptors (Lipinski definition) is 2. The fourth-order valence-corrected chi connectivity index (χ4v) is 1.91. The monoisotopic (exact) mass is 225 g/mol. The molecule has 0 aliphatic heterocycles. The Balaban J connectivity index is 2.52. The SMILES string of the molecule is CCCNC1(C(F)(F)F)CC(OCC)C1. The van der Waals surface area contributed by atoms with Crippen LogP contribution in [0, 0.1) is 0 Å². The van der Waals surface area contributed by atoms with Crippen molar-refractivity contribution in [2.24, 2.45) is 0 Å². The Morgan fingerprint density at radius 2 is 1.93 bits per heavy atom. The van der Waals surface area contributed by atoms with Crippen LogP contribution in [0.15, 0.2) is 0 Å². The molecule has 0 aromatic rings. The molecule has 2 nitrogen and oxygen atoms in total. The van der Waals surface area contributed by atoms with Crippen LogP contribution in [-0.4, -0.2) is 31.0 Å². The molecule has 1 fully saturated rings. The van der Waals surface area contributed by atoms with E-state index in [1.807, 2.05) is 6.92 Å². The van der Waals surface area contributed by atoms with Gasteiger partial charge in [0.05, 0.1) is 6.10 Å². The first-order valence-electron chi connectivity index (χ1n) is 5.38. The third kappa shape index (κ3) is 2.64. The fourth-order valence-electron chi connectivity index (χ4n) is 1.91. The average Bonchev–Trinajstić information content (AvgIpc) is 2.06. The van der Waals surface area contributed by atoms with Gasteiger partial charge in [-0.1, -0.05) is 6.92 Å². The number of hydrogen-bond donors (Lipinski definition) is 1. The van der Waals surface area contributed by atoms with Gasteiger partial charge in [-0.05, 0) is 19.9 Å². The summed E-state index contributed by atoms with van der Waals surface area (Å²) < 4.78 is 43.5. The van der Waals surface area contributed by atoms with Crippen LogP contribution in [0.4, 0.5) is 13.2 Å². The smallest absolute Gasteiger partial charge is 0.378 e. The number of alkyl halides is 3. The quantitative estimate of drug-likeness (QED) is 0.776. The van der Waals surface area contributed by atoms with E-state index in [-0.39, 0.29) is 18.9 Å². The van der Waals surface area contributed by atoms with Gasteiger partial charge in [0, 0.05) is 19.4 Å². The second kappa shape index (κ2) is 4.70. The maximum atomic E-state index is 12.8. The molecule has 1 N–H and O–H groups in total. The van der Waals surface area contributed by atoms with Gasteiger partial charge in [0.25, 0.3) is 0 Å². The van der Waals surface area contributed by atoms with E-state index in [9.17, 15) is 13.2 Å². The summed E-state index contributed by atoms with van der Waals surface area (Å²) in [5.74, 6) is 0. The highest BCUT2D eigenvalue weighted by molar-refractivity contribution is 5.07. The standard InChI is InChI=1S/C10H18F3NO/c1-3-5-14-9(10(11,12)13)6-8(7-9)15-4-2/h8,14H,3-7H2,1-2H3. The van der Waals surface area contributed by atoms with Crippen molar-refractivity contribution in [3.63, 3.8) is 0 Å². The molecule has 0 amide bonds. The Morgan fingerprint density at radius 1 is 1.33 bits per heavy atom. The minimum absolute atomic E-state index is 0.0460. The summed E-state index contributed by atoms with van der Waals surface area (Å²) in [6.45, 7) is 4.54. The molecule has 0 radical (unpaired) electrons. The molecule has 90 valence electrons. The van der Waals surface area contributed by atoms with Gasteiger partial charge in [0.2, 0.25) is 0 Å². The van der Waals surface area contributed by atoms with E-state index in [2.05, 4.69) is 5.32 Å². The molecule has 0 aromatic carbocycles. The highest BCUT2D eigenvalue weighted by Gasteiger charge is 2.62. The molecular weight excluding hydrogens is 207 g/mol. The van der Waals surface area contributed by atoms with Gasteiger partial charge in [0.15, 0.2) is 0 Å². The van der Waals surface area contributed by atoms with E-state index in [1.165, 1.54) is 0 Å². The van der Waals surface area contributed by atoms with Gasteiger partial charge in [-0.15, -0.1) is 0 Å². The van der Waals surface area contributed by atoms with Crippen LogP contribution in [0.1, 0.15) is 33.1 Å². The van der Waals surface area contributed by atoms with Gasteiger partial charge in [-0.2, -0.15) is 13.2 Å². The van der Waals surface area contributed by atoms with Crippen molar-refractivity contribution in [3.05, 3.63) is 0 Å². The minimum Gasteiger partial charge on any atom is -0.378 e. The first-order chi connectivity index (χ1) is 6.95. The van der Waals surface area contributed by atoms with E-state index in [1.54, 1.807) is 6.92 Å². The summed E-state index contributed by atoms with van der Waals surface area (Å²) in [5, 5.41) is 2.61. The predicted molar refractivity (Wildman–Crippen MR) is 51.7 cm³/mol. The molecular formula is C10H18F3NO. The van der Waals surface area contributed by atoms with E-state index >= 15 is 0 Å². The van der Waals surface area contributed by atoms with Crippen molar-refractivity contribution < 1.29 is 17.9 Å². The lowest BCUT2D eigenvalue weighted by molar-refractivity contribution is -0.244. The molecule has 15 heavy (non-hydrogen) atoms. The lowest BCUT2D eigenvalue weighted by Gasteiger charge is -2.48. The van der Waals surface area contributed by atoms with Crippen molar-refractivity contribution in [1.29, 1.82) is 0 Å². The first kappa shape index (κ1) is 12.8. The van der Waals surface area contributed by atoms with Crippen LogP contribution >= 0.6 is 0 Å². The van der Waals surface area contributed by atoms with Crippen LogP contribution in [0.2, 0.25) is 0 Å². The number of rotatable bonds is 5. The van der Waals surface area contributed by atoms with E-state index < -0.39 is 11.7 Å². The van der Waals surface area contributed by atoms with Crippen molar-refractivity contribution in [1.82, 2.24) is 5.32 Å². The van der Waals surface area contributed by atoms with Crippen molar-refractivity contribution in [2.45, 2.75) is 50.9 Å². The molecule has 0 atom stereocenters. The molecule has 1 saturated carbocycles. The Kier molecular flexibility index (Phi) is 4.00. The summed E-state index contributed by atoms with van der Waals surface area (Å²) in [4.78, 5) is 0. The maximum Gasteiger partial charge on any atom is 0.406 e. The first-order valence-corrected chi connectivity index (χ1v) is 5.38. The zero-order chi connectivity index (χ0) is 11.5. The normalized spacial score (nSPS) is 31.4. The molecule has 0 unspecified atom stereocenters. The molecule has 1 aliphatic rings. The Hall–Kier alpha value is -0.290. The molecule has 1 aliphatic carbocycles. The molecule has 0 heterocycles. The zero-order valence-electron chi connectivity index (χ0n) is 9.16. The van der Waals surface area contributed by atoms with Crippen molar-refractivity contribution in [3.8, 4) is 0 Å². The largest absolute Gasteiger partial charge is 0.406 e. The maximum absolute atomic E-state index is 12.8. The van der Waals surface area contributed by atoms with Crippen LogP contribution in [0.25, 0.3) is 0 Å². The third-order valence-electron chi connectivity index (χ3n) is 2.81. The van der Waals surface area contributed by atoms with E-state index in [0.29, 0.717) is 19.6 Å². The number of halogens is 3. The number of nitrogens with one attached hydrogen (secondary N) is 1. The molecule has 0 aromatic heterocycles. The second-order valence-corrected chi connectivity index (χ2v) is 3.99. The van der Waals surface area contributed by atoms with Gasteiger partial charge in [-0.3, -0.25) is 0 Å². The Bertz CT molecular complexity index is 199. The Morgan fingerprint density at radius 3 is 2.33 bits per heavy atom. The van der Waals surface area contributed by atoms with Gasteiger partial charge in [0.1, 0.15) is 5.54 Å². The molecule has 0 saturated heterocycles. The lowest BCUT2D eigenvalue weighted by Crippen LogP contribution is -2.66.